The van der Waals surface area contributed by atoms with Gasteiger partial charge in [-0.1, -0.05) is 25.5 Å². The summed E-state index contributed by atoms with van der Waals surface area (Å²) >= 11 is 0. The van der Waals surface area contributed by atoms with E-state index in [1.807, 2.05) is 17.0 Å². The fraction of sp³-hybridized carbons (Fsp3) is 0.529. The third-order valence-electron chi connectivity index (χ3n) is 3.94. The molecule has 0 radical (unpaired) electrons. The number of carbonyl (C=O) groups is 2. The molecule has 0 spiro atoms. The Hall–Kier alpha value is -1.84. The smallest absolute Gasteiger partial charge is 0.303 e. The lowest BCUT2D eigenvalue weighted by molar-refractivity contribution is -0.137. The van der Waals surface area contributed by atoms with Crippen molar-refractivity contribution >= 4 is 17.6 Å². The highest BCUT2D eigenvalue weighted by atomic mass is 16.4. The van der Waals surface area contributed by atoms with Crippen LogP contribution in [0.1, 0.15) is 50.2 Å². The number of unbranched alkanes of at least 4 members (excludes halogenated alkanes) is 1. The van der Waals surface area contributed by atoms with Crippen molar-refractivity contribution in [2.45, 2.75) is 51.9 Å². The van der Waals surface area contributed by atoms with Gasteiger partial charge in [0.15, 0.2) is 0 Å². The fourth-order valence-corrected chi connectivity index (χ4v) is 2.78. The molecule has 1 heterocycles. The number of aryl methyl sites for hydroxylation is 1. The number of carbonyl (C=O) groups excluding carboxylic acids is 1. The van der Waals surface area contributed by atoms with E-state index in [0.717, 1.165) is 43.5 Å². The number of rotatable bonds is 7. The molecule has 2 rings (SSSR count). The zero-order valence-corrected chi connectivity index (χ0v) is 12.6. The number of nitrogens with zero attached hydrogens (tertiary/aromatic N) is 1. The van der Waals surface area contributed by atoms with Crippen LogP contribution in [0.4, 0.5) is 5.69 Å². The van der Waals surface area contributed by atoms with Crippen LogP contribution in [-0.4, -0.2) is 23.5 Å². The lowest BCUT2D eigenvalue weighted by Crippen LogP contribution is -2.28. The van der Waals surface area contributed by atoms with Gasteiger partial charge in [-0.3, -0.25) is 9.59 Å². The molecule has 0 unspecified atom stereocenters. The summed E-state index contributed by atoms with van der Waals surface area (Å²) in [4.78, 5) is 24.6. The minimum Gasteiger partial charge on any atom is -0.481 e. The van der Waals surface area contributed by atoms with Gasteiger partial charge in [-0.05, 0) is 42.9 Å². The predicted molar refractivity (Wildman–Crippen MR) is 82.6 cm³/mol. The van der Waals surface area contributed by atoms with E-state index in [1.165, 1.54) is 5.56 Å². The molecular weight excluding hydrogens is 266 g/mol. The lowest BCUT2D eigenvalue weighted by atomic mass is 10.0. The molecule has 1 aliphatic rings. The normalized spacial score (nSPS) is 13.3. The number of aliphatic carboxylic acids is 1. The number of hydrogen-bond acceptors (Lipinski definition) is 2. The molecule has 0 aliphatic carbocycles. The van der Waals surface area contributed by atoms with Gasteiger partial charge in [0.2, 0.25) is 5.91 Å². The fourth-order valence-electron chi connectivity index (χ4n) is 2.78. The standard InChI is InChI=1S/C17H23NO3/c1-2-3-6-16(19)18-11-10-14-12-13(8-9-15(14)18)5-4-7-17(20)21/h8-9,12H,2-7,10-11H2,1H3,(H,20,21). The van der Waals surface area contributed by atoms with Gasteiger partial charge in [0.25, 0.3) is 0 Å². The van der Waals surface area contributed by atoms with Crippen LogP contribution >= 0.6 is 0 Å². The van der Waals surface area contributed by atoms with Gasteiger partial charge in [-0.2, -0.15) is 0 Å². The SMILES string of the molecule is CCCCC(=O)N1CCc2cc(CCCC(=O)O)ccc21. The van der Waals surface area contributed by atoms with Crippen molar-refractivity contribution in [3.05, 3.63) is 29.3 Å². The zero-order chi connectivity index (χ0) is 15.2. The van der Waals surface area contributed by atoms with E-state index in [0.29, 0.717) is 12.8 Å². The highest BCUT2D eigenvalue weighted by molar-refractivity contribution is 5.95. The second kappa shape index (κ2) is 7.25. The topological polar surface area (TPSA) is 57.6 Å². The molecule has 1 amide bonds. The van der Waals surface area contributed by atoms with Crippen LogP contribution in [0, 0.1) is 0 Å². The minimum absolute atomic E-state index is 0.207. The molecule has 1 N–H and O–H groups in total. The molecule has 0 fully saturated rings. The van der Waals surface area contributed by atoms with Crippen LogP contribution in [0.15, 0.2) is 18.2 Å². The minimum atomic E-state index is -0.746. The molecule has 21 heavy (non-hydrogen) atoms. The van der Waals surface area contributed by atoms with Crippen LogP contribution in [0.5, 0.6) is 0 Å². The summed E-state index contributed by atoms with van der Waals surface area (Å²) in [5, 5.41) is 8.67. The number of fused-ring (bicyclic) bond motifs is 1. The summed E-state index contributed by atoms with van der Waals surface area (Å²) in [5.74, 6) is -0.530. The summed E-state index contributed by atoms with van der Waals surface area (Å²) in [6.07, 6.45) is 5.15. The van der Waals surface area contributed by atoms with Crippen molar-refractivity contribution < 1.29 is 14.7 Å². The second-order valence-corrected chi connectivity index (χ2v) is 5.61. The van der Waals surface area contributed by atoms with Crippen molar-refractivity contribution in [2.24, 2.45) is 0 Å². The number of carboxylic acid groups (broad SMARTS) is 1. The molecule has 0 saturated carbocycles. The Bertz CT molecular complexity index is 525. The Kier molecular flexibility index (Phi) is 5.37. The Morgan fingerprint density at radius 2 is 2.05 bits per heavy atom. The number of hydrogen-bond donors (Lipinski definition) is 1. The van der Waals surface area contributed by atoms with Crippen molar-refractivity contribution in [1.82, 2.24) is 0 Å². The quantitative estimate of drug-likeness (QED) is 0.838. The first kappa shape index (κ1) is 15.5. The van der Waals surface area contributed by atoms with E-state index < -0.39 is 5.97 Å². The van der Waals surface area contributed by atoms with Gasteiger partial charge in [-0.15, -0.1) is 0 Å². The first-order valence-electron chi connectivity index (χ1n) is 7.75. The zero-order valence-electron chi connectivity index (χ0n) is 12.6. The molecule has 1 aromatic rings. The maximum absolute atomic E-state index is 12.2. The van der Waals surface area contributed by atoms with Crippen molar-refractivity contribution in [1.29, 1.82) is 0 Å². The molecule has 0 aromatic heterocycles. The van der Waals surface area contributed by atoms with Crippen LogP contribution in [0.2, 0.25) is 0 Å². The Labute approximate surface area is 125 Å². The maximum Gasteiger partial charge on any atom is 0.303 e. The third-order valence-corrected chi connectivity index (χ3v) is 3.94. The second-order valence-electron chi connectivity index (χ2n) is 5.61. The van der Waals surface area contributed by atoms with Crippen LogP contribution in [0.25, 0.3) is 0 Å². The number of amides is 1. The van der Waals surface area contributed by atoms with Gasteiger partial charge in [0, 0.05) is 25.1 Å². The summed E-state index contributed by atoms with van der Waals surface area (Å²) in [6.45, 7) is 2.87. The molecule has 4 heteroatoms. The third kappa shape index (κ3) is 4.06. The monoisotopic (exact) mass is 289 g/mol. The number of benzene rings is 1. The molecular formula is C17H23NO3. The van der Waals surface area contributed by atoms with E-state index in [4.69, 9.17) is 5.11 Å². The average molecular weight is 289 g/mol. The average Bonchev–Trinajstić information content (AvgIpc) is 2.87. The van der Waals surface area contributed by atoms with Gasteiger partial charge < -0.3 is 10.0 Å². The number of anilines is 1. The molecule has 0 bridgehead atoms. The van der Waals surface area contributed by atoms with Gasteiger partial charge in [-0.25, -0.2) is 0 Å². The van der Waals surface area contributed by atoms with E-state index in [1.54, 1.807) is 0 Å². The Balaban J connectivity index is 1.99. The van der Waals surface area contributed by atoms with Gasteiger partial charge >= 0.3 is 5.97 Å². The molecule has 1 aliphatic heterocycles. The predicted octanol–water partition coefficient (Wildman–Crippen LogP) is 3.17. The summed E-state index contributed by atoms with van der Waals surface area (Å²) in [5.41, 5.74) is 3.42. The Morgan fingerprint density at radius 1 is 1.24 bits per heavy atom. The summed E-state index contributed by atoms with van der Waals surface area (Å²) in [7, 11) is 0. The lowest BCUT2D eigenvalue weighted by Gasteiger charge is -2.17. The Morgan fingerprint density at radius 3 is 2.76 bits per heavy atom. The van der Waals surface area contributed by atoms with Crippen molar-refractivity contribution in [3.8, 4) is 0 Å². The molecule has 114 valence electrons. The largest absolute Gasteiger partial charge is 0.481 e. The van der Waals surface area contributed by atoms with E-state index in [2.05, 4.69) is 13.0 Å². The number of carboxylic acids is 1. The van der Waals surface area contributed by atoms with Crippen molar-refractivity contribution in [2.75, 3.05) is 11.4 Å². The van der Waals surface area contributed by atoms with Gasteiger partial charge in [0.05, 0.1) is 0 Å². The van der Waals surface area contributed by atoms with E-state index in [-0.39, 0.29) is 12.3 Å². The summed E-state index contributed by atoms with van der Waals surface area (Å²) < 4.78 is 0. The van der Waals surface area contributed by atoms with Crippen LogP contribution in [-0.2, 0) is 22.4 Å². The molecule has 4 nitrogen and oxygen atoms in total. The highest BCUT2D eigenvalue weighted by Crippen LogP contribution is 2.30. The van der Waals surface area contributed by atoms with Crippen LogP contribution in [0.3, 0.4) is 0 Å². The molecule has 0 atom stereocenters. The van der Waals surface area contributed by atoms with E-state index >= 15 is 0 Å². The molecule has 1 aromatic carbocycles. The molecule has 0 saturated heterocycles. The maximum atomic E-state index is 12.2. The first-order chi connectivity index (χ1) is 10.1. The van der Waals surface area contributed by atoms with Gasteiger partial charge in [0.1, 0.15) is 0 Å². The van der Waals surface area contributed by atoms with Crippen LogP contribution < -0.4 is 4.90 Å². The first-order valence-corrected chi connectivity index (χ1v) is 7.75. The van der Waals surface area contributed by atoms with Crippen molar-refractivity contribution in [3.63, 3.8) is 0 Å². The van der Waals surface area contributed by atoms with E-state index in [9.17, 15) is 9.59 Å². The summed E-state index contributed by atoms with van der Waals surface area (Å²) in [6, 6.07) is 6.17. The highest BCUT2D eigenvalue weighted by Gasteiger charge is 2.24.